The summed E-state index contributed by atoms with van der Waals surface area (Å²) in [6.45, 7) is 3.68. The number of hydrogen-bond donors (Lipinski definition) is 2. The second kappa shape index (κ2) is 6.41. The first-order valence-electron chi connectivity index (χ1n) is 7.36. The first-order valence-corrected chi connectivity index (χ1v) is 7.36. The third-order valence-corrected chi connectivity index (χ3v) is 4.15. The summed E-state index contributed by atoms with van der Waals surface area (Å²) in [7, 11) is 0. The molecule has 22 heavy (non-hydrogen) atoms. The summed E-state index contributed by atoms with van der Waals surface area (Å²) in [5.41, 5.74) is -0.201. The van der Waals surface area contributed by atoms with Crippen LogP contribution >= 0.6 is 0 Å². The molecule has 1 amide bonds. The van der Waals surface area contributed by atoms with E-state index < -0.39 is 17.2 Å². The van der Waals surface area contributed by atoms with E-state index >= 15 is 0 Å². The molecular weight excluding hydrogens is 288 g/mol. The molecule has 2 atom stereocenters. The molecule has 0 unspecified atom stereocenters. The van der Waals surface area contributed by atoms with Crippen LogP contribution < -0.4 is 10.6 Å². The van der Waals surface area contributed by atoms with Gasteiger partial charge in [-0.25, -0.2) is 8.78 Å². The van der Waals surface area contributed by atoms with Gasteiger partial charge in [0.1, 0.15) is 11.6 Å². The summed E-state index contributed by atoms with van der Waals surface area (Å²) < 4.78 is 26.1. The number of hydrogen-bond acceptors (Lipinski definition) is 2. The van der Waals surface area contributed by atoms with Crippen LogP contribution in [0.3, 0.4) is 0 Å². The van der Waals surface area contributed by atoms with Crippen molar-refractivity contribution in [3.63, 3.8) is 0 Å². The molecule has 3 N–H and O–H groups in total. The zero-order chi connectivity index (χ0) is 16.3. The highest BCUT2D eigenvalue weighted by Crippen LogP contribution is 2.39. The van der Waals surface area contributed by atoms with E-state index in [1.165, 1.54) is 6.07 Å². The second-order valence-electron chi connectivity index (χ2n) is 6.04. The maximum atomic E-state index is 13.2. The Labute approximate surface area is 128 Å². The molecule has 1 aromatic carbocycles. The number of benzene rings is 1. The van der Waals surface area contributed by atoms with Gasteiger partial charge in [0.2, 0.25) is 0 Å². The van der Waals surface area contributed by atoms with Gasteiger partial charge in [0, 0.05) is 5.56 Å². The molecule has 0 bridgehead atoms. The Kier molecular flexibility index (Phi) is 4.77. The molecule has 0 aliphatic heterocycles. The Morgan fingerprint density at radius 1 is 1.50 bits per heavy atom. The summed E-state index contributed by atoms with van der Waals surface area (Å²) in [5.74, 6) is -1.79. The third-order valence-electron chi connectivity index (χ3n) is 4.15. The van der Waals surface area contributed by atoms with Gasteiger partial charge < -0.3 is 10.6 Å². The highest BCUT2D eigenvalue weighted by atomic mass is 19.2. The minimum atomic E-state index is -0.895. The summed E-state index contributed by atoms with van der Waals surface area (Å²) in [5, 5.41) is 13.7. The van der Waals surface area contributed by atoms with Crippen LogP contribution in [0.4, 0.5) is 8.78 Å². The molecule has 1 aliphatic carbocycles. The number of nitriles is 1. The van der Waals surface area contributed by atoms with Gasteiger partial charge in [0.05, 0.1) is 6.07 Å². The van der Waals surface area contributed by atoms with Crippen LogP contribution in [0, 0.1) is 28.9 Å². The topological polar surface area (TPSA) is 69.5 Å². The fourth-order valence-corrected chi connectivity index (χ4v) is 2.44. The van der Waals surface area contributed by atoms with Crippen molar-refractivity contribution < 1.29 is 18.9 Å². The maximum Gasteiger partial charge on any atom is 0.276 e. The van der Waals surface area contributed by atoms with Gasteiger partial charge in [-0.2, -0.15) is 5.26 Å². The minimum Gasteiger partial charge on any atom is -0.333 e. The van der Waals surface area contributed by atoms with Crippen molar-refractivity contribution in [1.29, 1.82) is 5.26 Å². The van der Waals surface area contributed by atoms with Crippen LogP contribution in [0.5, 0.6) is 0 Å². The molecule has 1 aliphatic rings. The molecule has 1 aromatic rings. The average Bonchev–Trinajstić information content (AvgIpc) is 3.32. The molecule has 118 valence electrons. The molecule has 0 spiro atoms. The van der Waals surface area contributed by atoms with E-state index in [9.17, 15) is 18.8 Å². The normalized spacial score (nSPS) is 18.1. The van der Waals surface area contributed by atoms with E-state index in [4.69, 9.17) is 0 Å². The summed E-state index contributed by atoms with van der Waals surface area (Å²) in [6.07, 6.45) is 1.92. The van der Waals surface area contributed by atoms with Crippen LogP contribution in [-0.2, 0) is 4.79 Å². The van der Waals surface area contributed by atoms with E-state index in [2.05, 4.69) is 11.4 Å². The highest BCUT2D eigenvalue weighted by molar-refractivity contribution is 5.78. The van der Waals surface area contributed by atoms with Crippen molar-refractivity contribution in [2.45, 2.75) is 38.3 Å². The number of quaternary nitrogens is 1. The van der Waals surface area contributed by atoms with Crippen LogP contribution in [0.15, 0.2) is 18.2 Å². The standard InChI is InChI=1S/C16H19F2N3O/c1-10(11-3-6-13(17)14(18)7-11)20-8-15(22)21-16(2,9-19)12-4-5-12/h3,6-7,10,12,20H,4-5,8H2,1-2H3,(H,21,22)/p+1/t10-,16+/m1/s1. The molecule has 2 rings (SSSR count). The lowest BCUT2D eigenvalue weighted by Crippen LogP contribution is -2.87. The average molecular weight is 308 g/mol. The van der Waals surface area contributed by atoms with Gasteiger partial charge in [-0.05, 0) is 50.8 Å². The van der Waals surface area contributed by atoms with Crippen molar-refractivity contribution in [3.05, 3.63) is 35.4 Å². The number of carbonyl (C=O) groups excluding carboxylic acids is 1. The SMILES string of the molecule is C[C@@H]([NH2+]CC(=O)N[C@@](C)(C#N)C1CC1)c1ccc(F)c(F)c1. The largest absolute Gasteiger partial charge is 0.333 e. The predicted molar refractivity (Wildman–Crippen MR) is 76.5 cm³/mol. The Morgan fingerprint density at radius 3 is 2.73 bits per heavy atom. The third kappa shape index (κ3) is 3.80. The molecule has 1 saturated carbocycles. The van der Waals surface area contributed by atoms with E-state index in [0.717, 1.165) is 25.0 Å². The number of carbonyl (C=O) groups is 1. The summed E-state index contributed by atoms with van der Waals surface area (Å²) >= 11 is 0. The van der Waals surface area contributed by atoms with Crippen LogP contribution in [-0.4, -0.2) is 18.0 Å². The van der Waals surface area contributed by atoms with Crippen molar-refractivity contribution in [2.24, 2.45) is 5.92 Å². The lowest BCUT2D eigenvalue weighted by Gasteiger charge is -2.22. The maximum absolute atomic E-state index is 13.2. The first-order chi connectivity index (χ1) is 10.4. The summed E-state index contributed by atoms with van der Waals surface area (Å²) in [4.78, 5) is 12.0. The van der Waals surface area contributed by atoms with E-state index in [1.54, 1.807) is 12.2 Å². The quantitative estimate of drug-likeness (QED) is 0.834. The van der Waals surface area contributed by atoms with E-state index in [0.29, 0.717) is 5.56 Å². The second-order valence-corrected chi connectivity index (χ2v) is 6.04. The van der Waals surface area contributed by atoms with Gasteiger partial charge in [0.15, 0.2) is 18.2 Å². The number of nitrogens with two attached hydrogens (primary N) is 1. The summed E-state index contributed by atoms with van der Waals surface area (Å²) in [6, 6.07) is 5.70. The number of amides is 1. The number of nitrogens with zero attached hydrogens (tertiary/aromatic N) is 1. The number of rotatable bonds is 6. The molecule has 1 fully saturated rings. The molecule has 0 aromatic heterocycles. The van der Waals surface area contributed by atoms with Crippen LogP contribution in [0.1, 0.15) is 38.3 Å². The van der Waals surface area contributed by atoms with Crippen molar-refractivity contribution in [3.8, 4) is 6.07 Å². The number of nitrogens with one attached hydrogen (secondary N) is 1. The van der Waals surface area contributed by atoms with E-state index in [1.807, 2.05) is 6.92 Å². The smallest absolute Gasteiger partial charge is 0.276 e. The van der Waals surface area contributed by atoms with Crippen molar-refractivity contribution >= 4 is 5.91 Å². The van der Waals surface area contributed by atoms with Crippen LogP contribution in [0.25, 0.3) is 0 Å². The zero-order valence-corrected chi connectivity index (χ0v) is 12.7. The first kappa shape index (κ1) is 16.4. The number of halogens is 2. The van der Waals surface area contributed by atoms with E-state index in [-0.39, 0.29) is 24.4 Å². The molecule has 0 heterocycles. The van der Waals surface area contributed by atoms with Gasteiger partial charge in [-0.1, -0.05) is 0 Å². The fourth-order valence-electron chi connectivity index (χ4n) is 2.44. The van der Waals surface area contributed by atoms with Gasteiger partial charge in [-0.15, -0.1) is 0 Å². The molecular formula is C16H20F2N3O+. The van der Waals surface area contributed by atoms with Gasteiger partial charge in [0.25, 0.3) is 5.91 Å². The molecule has 0 radical (unpaired) electrons. The monoisotopic (exact) mass is 308 g/mol. The van der Waals surface area contributed by atoms with Gasteiger partial charge in [-0.3, -0.25) is 4.79 Å². The van der Waals surface area contributed by atoms with Gasteiger partial charge >= 0.3 is 0 Å². The lowest BCUT2D eigenvalue weighted by atomic mass is 9.98. The van der Waals surface area contributed by atoms with Crippen LogP contribution in [0.2, 0.25) is 0 Å². The Bertz CT molecular complexity index is 610. The fraction of sp³-hybridized carbons (Fsp3) is 0.500. The Balaban J connectivity index is 1.87. The Morgan fingerprint density at radius 2 is 2.18 bits per heavy atom. The highest BCUT2D eigenvalue weighted by Gasteiger charge is 2.43. The molecule has 6 heteroatoms. The zero-order valence-electron chi connectivity index (χ0n) is 12.7. The molecule has 4 nitrogen and oxygen atoms in total. The van der Waals surface area contributed by atoms with Crippen molar-refractivity contribution in [1.82, 2.24) is 5.32 Å². The minimum absolute atomic E-state index is 0.129. The van der Waals surface area contributed by atoms with Crippen molar-refractivity contribution in [2.75, 3.05) is 6.54 Å². The Hall–Kier alpha value is -2.00. The molecule has 0 saturated heterocycles. The lowest BCUT2D eigenvalue weighted by molar-refractivity contribution is -0.682. The predicted octanol–water partition coefficient (Wildman–Crippen LogP) is 1.40.